The van der Waals surface area contributed by atoms with Gasteiger partial charge < -0.3 is 10.1 Å². The van der Waals surface area contributed by atoms with Crippen molar-refractivity contribution in [1.82, 2.24) is 13.9 Å². The highest BCUT2D eigenvalue weighted by molar-refractivity contribution is 7.86. The highest BCUT2D eigenvalue weighted by Gasteiger charge is 2.35. The van der Waals surface area contributed by atoms with Crippen LogP contribution in [0.1, 0.15) is 26.2 Å². The summed E-state index contributed by atoms with van der Waals surface area (Å²) in [5.41, 5.74) is 0. The molecule has 0 atom stereocenters. The fraction of sp³-hybridized carbons (Fsp3) is 0.923. The number of esters is 1. The summed E-state index contributed by atoms with van der Waals surface area (Å²) in [6, 6.07) is 0. The maximum atomic E-state index is 12.6. The molecule has 1 N–H and O–H groups in total. The van der Waals surface area contributed by atoms with Crippen LogP contribution >= 0.6 is 0 Å². The van der Waals surface area contributed by atoms with Gasteiger partial charge in [-0.15, -0.1) is 0 Å². The van der Waals surface area contributed by atoms with Gasteiger partial charge in [0.15, 0.2) is 0 Å². The lowest BCUT2D eigenvalue weighted by atomic mass is 9.98. The van der Waals surface area contributed by atoms with Crippen LogP contribution in [0.25, 0.3) is 0 Å². The zero-order chi connectivity index (χ0) is 15.3. The van der Waals surface area contributed by atoms with E-state index < -0.39 is 10.2 Å². The van der Waals surface area contributed by atoms with Crippen LogP contribution in [-0.2, 0) is 19.7 Å². The number of rotatable bonds is 4. The number of nitrogens with one attached hydrogen (secondary N) is 1. The second kappa shape index (κ2) is 7.53. The van der Waals surface area contributed by atoms with Gasteiger partial charge in [-0.25, -0.2) is 0 Å². The minimum Gasteiger partial charge on any atom is -0.466 e. The van der Waals surface area contributed by atoms with Crippen molar-refractivity contribution in [2.24, 2.45) is 5.92 Å². The van der Waals surface area contributed by atoms with Gasteiger partial charge in [0.25, 0.3) is 10.2 Å². The molecule has 2 aliphatic rings. The van der Waals surface area contributed by atoms with E-state index in [0.717, 1.165) is 13.0 Å². The number of carbonyl (C=O) groups is 1. The molecular formula is C13H25N3O4S. The Kier molecular flexibility index (Phi) is 5.98. The Balaban J connectivity index is 1.92. The van der Waals surface area contributed by atoms with E-state index in [9.17, 15) is 13.2 Å². The number of ether oxygens (including phenoxy) is 1. The summed E-state index contributed by atoms with van der Waals surface area (Å²) in [6.45, 7) is 5.58. The third kappa shape index (κ3) is 4.15. The van der Waals surface area contributed by atoms with Gasteiger partial charge >= 0.3 is 5.97 Å². The minimum absolute atomic E-state index is 0.165. The van der Waals surface area contributed by atoms with E-state index in [1.165, 1.54) is 4.31 Å². The average Bonchev–Trinajstić information content (AvgIpc) is 2.77. The predicted octanol–water partition coefficient (Wildman–Crippen LogP) is -0.198. The molecule has 2 saturated heterocycles. The molecule has 0 amide bonds. The zero-order valence-corrected chi connectivity index (χ0v) is 13.4. The smallest absolute Gasteiger partial charge is 0.309 e. The fourth-order valence-electron chi connectivity index (χ4n) is 2.80. The number of piperidine rings is 1. The Morgan fingerprint density at radius 1 is 1.14 bits per heavy atom. The van der Waals surface area contributed by atoms with Gasteiger partial charge in [0, 0.05) is 32.7 Å². The summed E-state index contributed by atoms with van der Waals surface area (Å²) in [4.78, 5) is 11.7. The Labute approximate surface area is 126 Å². The van der Waals surface area contributed by atoms with Crippen LogP contribution in [0.2, 0.25) is 0 Å². The molecule has 2 fully saturated rings. The molecular weight excluding hydrogens is 294 g/mol. The normalized spacial score (nSPS) is 23.7. The van der Waals surface area contributed by atoms with Gasteiger partial charge in [-0.2, -0.15) is 17.0 Å². The van der Waals surface area contributed by atoms with Gasteiger partial charge in [-0.3, -0.25) is 4.79 Å². The molecule has 0 aromatic rings. The van der Waals surface area contributed by atoms with E-state index in [2.05, 4.69) is 5.32 Å². The lowest BCUT2D eigenvalue weighted by Gasteiger charge is -2.33. The Morgan fingerprint density at radius 2 is 1.81 bits per heavy atom. The maximum absolute atomic E-state index is 12.6. The first-order valence-corrected chi connectivity index (χ1v) is 9.08. The Hall–Kier alpha value is -0.700. The topological polar surface area (TPSA) is 79.0 Å². The number of hydrogen-bond donors (Lipinski definition) is 1. The molecule has 21 heavy (non-hydrogen) atoms. The van der Waals surface area contributed by atoms with Gasteiger partial charge in [0.1, 0.15) is 0 Å². The van der Waals surface area contributed by atoms with Crippen molar-refractivity contribution in [3.8, 4) is 0 Å². The summed E-state index contributed by atoms with van der Waals surface area (Å²) in [7, 11) is -3.40. The first-order chi connectivity index (χ1) is 10.1. The van der Waals surface area contributed by atoms with E-state index in [1.54, 1.807) is 11.2 Å². The maximum Gasteiger partial charge on any atom is 0.309 e. The molecule has 0 spiro atoms. The van der Waals surface area contributed by atoms with Crippen molar-refractivity contribution >= 4 is 16.2 Å². The lowest BCUT2D eigenvalue weighted by molar-refractivity contribution is -0.149. The highest BCUT2D eigenvalue weighted by atomic mass is 32.2. The van der Waals surface area contributed by atoms with Gasteiger partial charge in [0.05, 0.1) is 12.5 Å². The van der Waals surface area contributed by atoms with Crippen LogP contribution in [0.3, 0.4) is 0 Å². The van der Waals surface area contributed by atoms with E-state index in [-0.39, 0.29) is 11.9 Å². The molecule has 0 radical (unpaired) electrons. The molecule has 0 aliphatic carbocycles. The van der Waals surface area contributed by atoms with E-state index in [1.807, 2.05) is 0 Å². The molecule has 0 aromatic carbocycles. The SMILES string of the molecule is CCOC(=O)C1CCN(S(=O)(=O)N2CCCNCC2)CC1. The molecule has 0 unspecified atom stereocenters. The second-order valence-corrected chi connectivity index (χ2v) is 7.36. The van der Waals surface area contributed by atoms with Crippen LogP contribution < -0.4 is 5.32 Å². The average molecular weight is 319 g/mol. The molecule has 2 aliphatic heterocycles. The third-order valence-electron chi connectivity index (χ3n) is 4.03. The Bertz CT molecular complexity index is 438. The van der Waals surface area contributed by atoms with Crippen molar-refractivity contribution in [2.75, 3.05) is 45.9 Å². The summed E-state index contributed by atoms with van der Waals surface area (Å²) in [5.74, 6) is -0.365. The van der Waals surface area contributed by atoms with Crippen LogP contribution in [0.15, 0.2) is 0 Å². The molecule has 2 heterocycles. The van der Waals surface area contributed by atoms with Crippen LogP contribution in [0, 0.1) is 5.92 Å². The molecule has 8 heteroatoms. The van der Waals surface area contributed by atoms with Crippen LogP contribution in [-0.4, -0.2) is 68.9 Å². The van der Waals surface area contributed by atoms with Crippen molar-refractivity contribution < 1.29 is 17.9 Å². The summed E-state index contributed by atoms with van der Waals surface area (Å²) in [5, 5.41) is 3.20. The molecule has 0 bridgehead atoms. The van der Waals surface area contributed by atoms with Crippen molar-refractivity contribution in [2.45, 2.75) is 26.2 Å². The number of hydrogen-bond acceptors (Lipinski definition) is 5. The monoisotopic (exact) mass is 319 g/mol. The molecule has 122 valence electrons. The van der Waals surface area contributed by atoms with E-state index in [0.29, 0.717) is 52.2 Å². The summed E-state index contributed by atoms with van der Waals surface area (Å²) in [6.07, 6.45) is 1.92. The molecule has 7 nitrogen and oxygen atoms in total. The number of nitrogens with zero attached hydrogens (tertiary/aromatic N) is 2. The quantitative estimate of drug-likeness (QED) is 0.726. The predicted molar refractivity (Wildman–Crippen MR) is 78.9 cm³/mol. The van der Waals surface area contributed by atoms with Gasteiger partial charge in [-0.1, -0.05) is 0 Å². The largest absolute Gasteiger partial charge is 0.466 e. The number of carbonyl (C=O) groups excluding carboxylic acids is 1. The van der Waals surface area contributed by atoms with Crippen molar-refractivity contribution in [3.63, 3.8) is 0 Å². The van der Waals surface area contributed by atoms with Crippen LogP contribution in [0.5, 0.6) is 0 Å². The summed E-state index contributed by atoms with van der Waals surface area (Å²) >= 11 is 0. The van der Waals surface area contributed by atoms with Gasteiger partial charge in [0.2, 0.25) is 0 Å². The van der Waals surface area contributed by atoms with Crippen molar-refractivity contribution in [3.05, 3.63) is 0 Å². The van der Waals surface area contributed by atoms with E-state index >= 15 is 0 Å². The first kappa shape index (κ1) is 16.7. The zero-order valence-electron chi connectivity index (χ0n) is 12.6. The molecule has 2 rings (SSSR count). The minimum atomic E-state index is -3.40. The molecule has 0 aromatic heterocycles. The molecule has 0 saturated carbocycles. The van der Waals surface area contributed by atoms with Crippen LogP contribution in [0.4, 0.5) is 0 Å². The summed E-state index contributed by atoms with van der Waals surface area (Å²) < 4.78 is 33.3. The Morgan fingerprint density at radius 3 is 2.48 bits per heavy atom. The van der Waals surface area contributed by atoms with Gasteiger partial charge in [-0.05, 0) is 32.7 Å². The lowest BCUT2D eigenvalue weighted by Crippen LogP contribution is -2.48. The standard InChI is InChI=1S/C13H25N3O4S/c1-2-20-13(17)12-4-9-16(10-5-12)21(18,19)15-8-3-6-14-7-11-15/h12,14H,2-11H2,1H3. The fourth-order valence-corrected chi connectivity index (χ4v) is 4.48. The second-order valence-electron chi connectivity index (χ2n) is 5.44. The van der Waals surface area contributed by atoms with E-state index in [4.69, 9.17) is 4.74 Å². The van der Waals surface area contributed by atoms with Crippen molar-refractivity contribution in [1.29, 1.82) is 0 Å². The first-order valence-electron chi connectivity index (χ1n) is 7.68. The third-order valence-corrected chi connectivity index (χ3v) is 6.06. The highest BCUT2D eigenvalue weighted by Crippen LogP contribution is 2.22.